The Balaban J connectivity index is 2.32. The zero-order valence-electron chi connectivity index (χ0n) is 11.9. The van der Waals surface area contributed by atoms with Crippen LogP contribution in [-0.4, -0.2) is 44.1 Å². The highest BCUT2D eigenvalue weighted by molar-refractivity contribution is 9.10. The molecule has 0 bridgehead atoms. The van der Waals surface area contributed by atoms with Crippen LogP contribution in [0.4, 0.5) is 4.39 Å². The molecule has 0 saturated carbocycles. The van der Waals surface area contributed by atoms with Crippen LogP contribution >= 0.6 is 15.9 Å². The van der Waals surface area contributed by atoms with Crippen LogP contribution in [0.5, 0.6) is 5.75 Å². The third-order valence-corrected chi connectivity index (χ3v) is 3.07. The van der Waals surface area contributed by atoms with Gasteiger partial charge in [0.25, 0.3) is 0 Å². The van der Waals surface area contributed by atoms with E-state index in [4.69, 9.17) is 9.47 Å². The number of carbonyl (C=O) groups excluding carboxylic acids is 2. The molecular weight excluding hydrogens is 345 g/mol. The minimum absolute atomic E-state index is 0.0505. The molecule has 0 aliphatic rings. The Kier molecular flexibility index (Phi) is 7.31. The van der Waals surface area contributed by atoms with Crippen LogP contribution in [-0.2, 0) is 14.3 Å². The van der Waals surface area contributed by atoms with Gasteiger partial charge >= 0.3 is 11.9 Å². The summed E-state index contributed by atoms with van der Waals surface area (Å²) < 4.78 is 23.2. The van der Waals surface area contributed by atoms with E-state index in [1.54, 1.807) is 0 Å². The van der Waals surface area contributed by atoms with Crippen molar-refractivity contribution in [1.29, 1.82) is 0 Å². The van der Waals surface area contributed by atoms with Crippen LogP contribution in [0.25, 0.3) is 0 Å². The molecule has 0 heterocycles. The summed E-state index contributed by atoms with van der Waals surface area (Å²) in [6.45, 7) is 0.906. The van der Waals surface area contributed by atoms with E-state index in [2.05, 4.69) is 15.9 Å². The van der Waals surface area contributed by atoms with Gasteiger partial charge in [0.05, 0.1) is 17.3 Å². The highest BCUT2D eigenvalue weighted by Crippen LogP contribution is 2.25. The van der Waals surface area contributed by atoms with E-state index >= 15 is 0 Å². The lowest BCUT2D eigenvalue weighted by molar-refractivity contribution is -0.147. The van der Waals surface area contributed by atoms with E-state index in [9.17, 15) is 14.0 Å². The smallest absolute Gasteiger partial charge is 0.311 e. The van der Waals surface area contributed by atoms with Crippen LogP contribution < -0.4 is 4.74 Å². The number of nitrogens with zero attached hydrogens (tertiary/aromatic N) is 1. The molecule has 0 N–H and O–H groups in total. The first kappa shape index (κ1) is 17.6. The Morgan fingerprint density at radius 1 is 1.24 bits per heavy atom. The van der Waals surface area contributed by atoms with Crippen LogP contribution in [0.1, 0.15) is 12.8 Å². The van der Waals surface area contributed by atoms with Gasteiger partial charge in [-0.05, 0) is 48.2 Å². The standard InChI is InChI=1S/C14H17BrFNO4/c1-17(2)7-8-20-13(18)5-6-14(19)21-12-4-3-10(16)9-11(12)15/h3-4,9H,5-8H2,1-2H3. The number of esters is 2. The first-order valence-electron chi connectivity index (χ1n) is 6.34. The van der Waals surface area contributed by atoms with E-state index < -0.39 is 17.8 Å². The molecule has 0 amide bonds. The third kappa shape index (κ3) is 7.19. The van der Waals surface area contributed by atoms with Crippen LogP contribution in [0.15, 0.2) is 22.7 Å². The molecule has 0 fully saturated rings. The molecule has 0 atom stereocenters. The molecule has 7 heteroatoms. The van der Waals surface area contributed by atoms with Crippen molar-refractivity contribution in [2.75, 3.05) is 27.2 Å². The summed E-state index contributed by atoms with van der Waals surface area (Å²) in [7, 11) is 3.73. The topological polar surface area (TPSA) is 55.8 Å². The maximum atomic E-state index is 12.9. The molecule has 1 aromatic carbocycles. The first-order valence-corrected chi connectivity index (χ1v) is 7.14. The van der Waals surface area contributed by atoms with Crippen molar-refractivity contribution in [1.82, 2.24) is 4.90 Å². The van der Waals surface area contributed by atoms with Crippen LogP contribution in [0.2, 0.25) is 0 Å². The molecule has 0 aromatic heterocycles. The van der Waals surface area contributed by atoms with Gasteiger partial charge in [0, 0.05) is 6.54 Å². The van der Waals surface area contributed by atoms with E-state index in [-0.39, 0.29) is 25.2 Å². The summed E-state index contributed by atoms with van der Waals surface area (Å²) in [5.41, 5.74) is 0. The molecule has 116 valence electrons. The molecule has 5 nitrogen and oxygen atoms in total. The first-order chi connectivity index (χ1) is 9.88. The fourth-order valence-electron chi connectivity index (χ4n) is 1.35. The Bertz CT molecular complexity index is 508. The van der Waals surface area contributed by atoms with Gasteiger partial charge in [-0.1, -0.05) is 0 Å². The zero-order chi connectivity index (χ0) is 15.8. The van der Waals surface area contributed by atoms with Crippen LogP contribution in [0.3, 0.4) is 0 Å². The van der Waals surface area contributed by atoms with E-state index in [0.29, 0.717) is 11.0 Å². The summed E-state index contributed by atoms with van der Waals surface area (Å²) in [5.74, 6) is -1.26. The second-order valence-electron chi connectivity index (χ2n) is 4.57. The quantitative estimate of drug-likeness (QED) is 0.551. The molecule has 0 radical (unpaired) electrons. The molecule has 1 aromatic rings. The van der Waals surface area contributed by atoms with E-state index in [0.717, 1.165) is 0 Å². The molecule has 0 aliphatic heterocycles. The lowest BCUT2D eigenvalue weighted by Crippen LogP contribution is -2.20. The maximum Gasteiger partial charge on any atom is 0.311 e. The van der Waals surface area contributed by atoms with Gasteiger partial charge < -0.3 is 14.4 Å². The highest BCUT2D eigenvalue weighted by atomic mass is 79.9. The number of rotatable bonds is 7. The van der Waals surface area contributed by atoms with Gasteiger partial charge in [-0.25, -0.2) is 4.39 Å². The maximum absolute atomic E-state index is 12.9. The fourth-order valence-corrected chi connectivity index (χ4v) is 1.78. The van der Waals surface area contributed by atoms with Crippen molar-refractivity contribution in [3.8, 4) is 5.75 Å². The minimum Gasteiger partial charge on any atom is -0.464 e. The number of hydrogen-bond donors (Lipinski definition) is 0. The number of ether oxygens (including phenoxy) is 2. The Morgan fingerprint density at radius 2 is 1.90 bits per heavy atom. The molecule has 0 aliphatic carbocycles. The lowest BCUT2D eigenvalue weighted by atomic mass is 10.3. The molecule has 0 spiro atoms. The summed E-state index contributed by atoms with van der Waals surface area (Å²) in [6.07, 6.45) is -0.143. The predicted octanol–water partition coefficient (Wildman–Crippen LogP) is 2.38. The molecular formula is C14H17BrFNO4. The average Bonchev–Trinajstić information content (AvgIpc) is 2.39. The zero-order valence-corrected chi connectivity index (χ0v) is 13.5. The summed E-state index contributed by atoms with van der Waals surface area (Å²) in [5, 5.41) is 0. The summed E-state index contributed by atoms with van der Waals surface area (Å²) in [4.78, 5) is 24.9. The lowest BCUT2D eigenvalue weighted by Gasteiger charge is -2.10. The van der Waals surface area contributed by atoms with Gasteiger partial charge in [0.15, 0.2) is 0 Å². The molecule has 0 saturated heterocycles. The number of likely N-dealkylation sites (N-methyl/N-ethyl adjacent to an activating group) is 1. The monoisotopic (exact) mass is 361 g/mol. The Hall–Kier alpha value is -1.47. The largest absolute Gasteiger partial charge is 0.464 e. The third-order valence-electron chi connectivity index (χ3n) is 2.45. The Labute approximate surface area is 131 Å². The van der Waals surface area contributed by atoms with Crippen molar-refractivity contribution < 1.29 is 23.5 Å². The van der Waals surface area contributed by atoms with Gasteiger partial charge in [-0.2, -0.15) is 0 Å². The second-order valence-corrected chi connectivity index (χ2v) is 5.43. The van der Waals surface area contributed by atoms with Crippen LogP contribution in [0, 0.1) is 5.82 Å². The normalized spacial score (nSPS) is 10.5. The van der Waals surface area contributed by atoms with Crippen molar-refractivity contribution >= 4 is 27.9 Å². The van der Waals surface area contributed by atoms with Gasteiger partial charge in [0.2, 0.25) is 0 Å². The number of carbonyl (C=O) groups is 2. The SMILES string of the molecule is CN(C)CCOC(=O)CCC(=O)Oc1ccc(F)cc1Br. The van der Waals surface area contributed by atoms with Gasteiger partial charge in [0.1, 0.15) is 18.2 Å². The number of benzene rings is 1. The molecule has 1 rings (SSSR count). The average molecular weight is 362 g/mol. The van der Waals surface area contributed by atoms with Crippen molar-refractivity contribution in [2.24, 2.45) is 0 Å². The molecule has 21 heavy (non-hydrogen) atoms. The van der Waals surface area contributed by atoms with E-state index in [1.165, 1.54) is 18.2 Å². The minimum atomic E-state index is -0.577. The fraction of sp³-hybridized carbons (Fsp3) is 0.429. The highest BCUT2D eigenvalue weighted by Gasteiger charge is 2.12. The van der Waals surface area contributed by atoms with Gasteiger partial charge in [-0.15, -0.1) is 0 Å². The number of halogens is 2. The molecule has 0 unspecified atom stereocenters. The summed E-state index contributed by atoms with van der Waals surface area (Å²) >= 11 is 3.09. The Morgan fingerprint density at radius 3 is 2.52 bits per heavy atom. The van der Waals surface area contributed by atoms with E-state index in [1.807, 2.05) is 19.0 Å². The number of hydrogen-bond acceptors (Lipinski definition) is 5. The van der Waals surface area contributed by atoms with Crippen molar-refractivity contribution in [3.63, 3.8) is 0 Å². The summed E-state index contributed by atoms with van der Waals surface area (Å²) in [6, 6.07) is 3.72. The second kappa shape index (κ2) is 8.74. The van der Waals surface area contributed by atoms with Crippen molar-refractivity contribution in [2.45, 2.75) is 12.8 Å². The van der Waals surface area contributed by atoms with Crippen molar-refractivity contribution in [3.05, 3.63) is 28.5 Å². The van der Waals surface area contributed by atoms with Gasteiger partial charge in [-0.3, -0.25) is 9.59 Å². The predicted molar refractivity (Wildman–Crippen MR) is 78.5 cm³/mol.